The zero-order valence-electron chi connectivity index (χ0n) is 14.1. The summed E-state index contributed by atoms with van der Waals surface area (Å²) in [5.74, 6) is 0.668. The first-order valence-electron chi connectivity index (χ1n) is 8.44. The maximum Gasteiger partial charge on any atom is 0.314 e. The van der Waals surface area contributed by atoms with Gasteiger partial charge in [-0.25, -0.2) is 5.10 Å². The quantitative estimate of drug-likeness (QED) is 0.259. The lowest BCUT2D eigenvalue weighted by atomic mass is 9.86. The summed E-state index contributed by atoms with van der Waals surface area (Å²) in [7, 11) is 0. The molecule has 1 unspecified atom stereocenters. The fourth-order valence-electron chi connectivity index (χ4n) is 3.54. The van der Waals surface area contributed by atoms with Crippen molar-refractivity contribution in [3.63, 3.8) is 0 Å². The summed E-state index contributed by atoms with van der Waals surface area (Å²) < 4.78 is 0. The number of aromatic amines is 3. The molecule has 0 saturated carbocycles. The topological polar surface area (TPSA) is 175 Å². The van der Waals surface area contributed by atoms with Crippen LogP contribution in [0.15, 0.2) is 15.7 Å². The first-order chi connectivity index (χ1) is 13.0. The van der Waals surface area contributed by atoms with E-state index in [0.717, 1.165) is 6.42 Å². The molecule has 12 heteroatoms. The summed E-state index contributed by atoms with van der Waals surface area (Å²) in [5.41, 5.74) is 0.371. The Hall–Kier alpha value is -3.41. The number of rotatable bonds is 5. The van der Waals surface area contributed by atoms with E-state index in [-0.39, 0.29) is 17.2 Å². The van der Waals surface area contributed by atoms with Gasteiger partial charge in [0.2, 0.25) is 0 Å². The number of H-pyrrole nitrogens is 3. The van der Waals surface area contributed by atoms with Gasteiger partial charge in [-0.15, -0.1) is 5.10 Å². The highest BCUT2D eigenvalue weighted by molar-refractivity contribution is 5.83. The normalized spacial score (nSPS) is 16.4. The van der Waals surface area contributed by atoms with E-state index in [1.54, 1.807) is 0 Å². The number of nitrogens with one attached hydrogen (secondary N) is 4. The molecule has 12 nitrogen and oxygen atoms in total. The summed E-state index contributed by atoms with van der Waals surface area (Å²) >= 11 is 0. The molecule has 0 spiro atoms. The summed E-state index contributed by atoms with van der Waals surface area (Å²) in [6.07, 6.45) is 2.35. The molecule has 2 heterocycles. The Morgan fingerprint density at radius 1 is 1.26 bits per heavy atom. The van der Waals surface area contributed by atoms with E-state index < -0.39 is 16.0 Å². The van der Waals surface area contributed by atoms with Gasteiger partial charge in [-0.2, -0.15) is 0 Å². The minimum absolute atomic E-state index is 0.0358. The lowest BCUT2D eigenvalue weighted by Gasteiger charge is -2.26. The largest absolute Gasteiger partial charge is 0.316 e. The number of hydrogen-bond donors (Lipinski definition) is 4. The van der Waals surface area contributed by atoms with Crippen molar-refractivity contribution >= 4 is 16.7 Å². The van der Waals surface area contributed by atoms with E-state index in [0.29, 0.717) is 48.3 Å². The second-order valence-corrected chi connectivity index (χ2v) is 6.43. The highest BCUT2D eigenvalue weighted by atomic mass is 16.6. The predicted octanol–water partition coefficient (Wildman–Crippen LogP) is -0.673. The minimum Gasteiger partial charge on any atom is -0.316 e. The molecular formula is C15H16N8O4. The zero-order valence-corrected chi connectivity index (χ0v) is 14.1. The van der Waals surface area contributed by atoms with Gasteiger partial charge >= 0.3 is 11.1 Å². The molecular weight excluding hydrogens is 356 g/mol. The number of aromatic nitrogens is 6. The van der Waals surface area contributed by atoms with Gasteiger partial charge in [-0.3, -0.25) is 19.7 Å². The number of nitrogens with zero attached hydrogens (tertiary/aromatic N) is 4. The van der Waals surface area contributed by atoms with E-state index in [1.165, 1.54) is 6.07 Å². The summed E-state index contributed by atoms with van der Waals surface area (Å²) in [6, 6.07) is 1.39. The van der Waals surface area contributed by atoms with Crippen LogP contribution in [-0.2, 0) is 19.3 Å². The fraction of sp³-hybridized carbons (Fsp3) is 0.400. The number of tetrazole rings is 1. The molecule has 1 atom stereocenters. The molecule has 3 aromatic rings. The third-order valence-electron chi connectivity index (χ3n) is 4.79. The standard InChI is InChI=1S/C15H16N8O4/c24-14-15(25)18-13-9-5-7(16-4-3-12-19-21-22-20-12)1-2-8(9)11(23(26)27)6-10(13)17-14/h6-7,16H,1-5H2,(H,17,24)(H,18,25)(H,19,20,21,22). The monoisotopic (exact) mass is 372 g/mol. The molecule has 1 aliphatic carbocycles. The van der Waals surface area contributed by atoms with Crippen molar-refractivity contribution in [2.75, 3.05) is 6.54 Å². The van der Waals surface area contributed by atoms with Crippen molar-refractivity contribution in [1.82, 2.24) is 35.9 Å². The molecule has 0 aliphatic heterocycles. The van der Waals surface area contributed by atoms with E-state index in [2.05, 4.69) is 35.9 Å². The Morgan fingerprint density at radius 2 is 2.07 bits per heavy atom. The molecule has 27 heavy (non-hydrogen) atoms. The number of fused-ring (bicyclic) bond motifs is 3. The number of nitro groups is 1. The Labute approximate surface area is 150 Å². The van der Waals surface area contributed by atoms with E-state index >= 15 is 0 Å². The minimum atomic E-state index is -0.831. The van der Waals surface area contributed by atoms with Crippen LogP contribution in [0, 0.1) is 10.1 Å². The van der Waals surface area contributed by atoms with Gasteiger partial charge in [-0.1, -0.05) is 0 Å². The molecule has 0 saturated heterocycles. The molecule has 0 amide bonds. The lowest BCUT2D eigenvalue weighted by molar-refractivity contribution is -0.385. The van der Waals surface area contributed by atoms with Crippen LogP contribution in [0.4, 0.5) is 5.69 Å². The molecule has 4 rings (SSSR count). The number of hydrogen-bond acceptors (Lipinski definition) is 8. The average molecular weight is 372 g/mol. The van der Waals surface area contributed by atoms with Crippen molar-refractivity contribution in [2.45, 2.75) is 31.7 Å². The molecule has 140 valence electrons. The Morgan fingerprint density at radius 3 is 2.81 bits per heavy atom. The van der Waals surface area contributed by atoms with E-state index in [9.17, 15) is 19.7 Å². The van der Waals surface area contributed by atoms with E-state index in [4.69, 9.17) is 0 Å². The SMILES string of the molecule is O=c1[nH]c2cc([N+](=O)[O-])c3c(c2[nH]c1=O)CC(NCCc1nnn[nH]1)CC3. The zero-order chi connectivity index (χ0) is 19.0. The molecule has 0 radical (unpaired) electrons. The molecule has 2 aromatic heterocycles. The fourth-order valence-corrected chi connectivity index (χ4v) is 3.54. The lowest BCUT2D eigenvalue weighted by Crippen LogP contribution is -2.37. The highest BCUT2D eigenvalue weighted by Crippen LogP contribution is 2.34. The summed E-state index contributed by atoms with van der Waals surface area (Å²) in [6.45, 7) is 0.636. The first kappa shape index (κ1) is 17.0. The van der Waals surface area contributed by atoms with Crippen molar-refractivity contribution in [3.8, 4) is 0 Å². The van der Waals surface area contributed by atoms with Crippen LogP contribution >= 0.6 is 0 Å². The average Bonchev–Trinajstić information content (AvgIpc) is 3.15. The maximum atomic E-state index is 11.8. The van der Waals surface area contributed by atoms with Gasteiger partial charge < -0.3 is 15.3 Å². The molecule has 1 aliphatic rings. The van der Waals surface area contributed by atoms with Gasteiger partial charge in [0.25, 0.3) is 5.69 Å². The number of nitro benzene ring substituents is 1. The van der Waals surface area contributed by atoms with Crippen molar-refractivity contribution < 1.29 is 4.92 Å². The molecule has 0 bridgehead atoms. The van der Waals surface area contributed by atoms with Crippen LogP contribution in [-0.4, -0.2) is 48.1 Å². The van der Waals surface area contributed by atoms with Gasteiger partial charge in [0.05, 0.1) is 16.0 Å². The van der Waals surface area contributed by atoms with Crippen LogP contribution in [0.2, 0.25) is 0 Å². The summed E-state index contributed by atoms with van der Waals surface area (Å²) in [5, 5.41) is 28.4. The van der Waals surface area contributed by atoms with Crippen molar-refractivity contribution in [2.24, 2.45) is 0 Å². The smallest absolute Gasteiger partial charge is 0.314 e. The van der Waals surface area contributed by atoms with E-state index in [1.807, 2.05) is 0 Å². The predicted molar refractivity (Wildman–Crippen MR) is 93.5 cm³/mol. The van der Waals surface area contributed by atoms with Crippen molar-refractivity contribution in [1.29, 1.82) is 0 Å². The third kappa shape index (κ3) is 3.21. The second-order valence-electron chi connectivity index (χ2n) is 6.43. The van der Waals surface area contributed by atoms with Gasteiger partial charge in [0.1, 0.15) is 5.82 Å². The second kappa shape index (κ2) is 6.72. The van der Waals surface area contributed by atoms with Crippen molar-refractivity contribution in [3.05, 3.63) is 53.8 Å². The summed E-state index contributed by atoms with van der Waals surface area (Å²) in [4.78, 5) is 39.4. The molecule has 1 aromatic carbocycles. The Kier molecular flexibility index (Phi) is 4.24. The van der Waals surface area contributed by atoms with Gasteiger partial charge in [0.15, 0.2) is 0 Å². The van der Waals surface area contributed by atoms with Crippen LogP contribution in [0.3, 0.4) is 0 Å². The molecule has 0 fully saturated rings. The highest BCUT2D eigenvalue weighted by Gasteiger charge is 2.28. The number of benzene rings is 1. The molecule has 4 N–H and O–H groups in total. The third-order valence-corrected chi connectivity index (χ3v) is 4.79. The van der Waals surface area contributed by atoms with Crippen LogP contribution in [0.5, 0.6) is 0 Å². The van der Waals surface area contributed by atoms with Gasteiger partial charge in [-0.05, 0) is 35.3 Å². The van der Waals surface area contributed by atoms with Crippen LogP contribution in [0.1, 0.15) is 23.4 Å². The Balaban J connectivity index is 1.66. The first-order valence-corrected chi connectivity index (χ1v) is 8.44. The van der Waals surface area contributed by atoms with Crippen LogP contribution < -0.4 is 16.4 Å². The Bertz CT molecular complexity index is 1120. The van der Waals surface area contributed by atoms with Crippen LogP contribution in [0.25, 0.3) is 11.0 Å². The maximum absolute atomic E-state index is 11.8. The van der Waals surface area contributed by atoms with Gasteiger partial charge in [0, 0.05) is 30.6 Å².